The molecule has 0 heterocycles. The van der Waals surface area contributed by atoms with E-state index in [0.717, 1.165) is 36.1 Å². The summed E-state index contributed by atoms with van der Waals surface area (Å²) in [7, 11) is -3.79. The van der Waals surface area contributed by atoms with E-state index in [1.807, 2.05) is 66.7 Å². The average molecular weight is 519 g/mol. The Hall–Kier alpha value is -2.96. The highest BCUT2D eigenvalue weighted by atomic mass is 35.5. The van der Waals surface area contributed by atoms with E-state index in [0.29, 0.717) is 5.88 Å². The van der Waals surface area contributed by atoms with Gasteiger partial charge in [0, 0.05) is 5.88 Å². The number of hydrogen-bond acceptors (Lipinski definition) is 3. The van der Waals surface area contributed by atoms with Gasteiger partial charge >= 0.3 is 0 Å². The summed E-state index contributed by atoms with van der Waals surface area (Å²) in [5, 5.41) is 3.65. The van der Waals surface area contributed by atoms with Gasteiger partial charge in [-0.05, 0) is 53.8 Å². The van der Waals surface area contributed by atoms with Gasteiger partial charge in [0.1, 0.15) is 0 Å². The van der Waals surface area contributed by atoms with Gasteiger partial charge in [-0.1, -0.05) is 103 Å². The highest BCUT2D eigenvalue weighted by molar-refractivity contribution is 7.89. The normalized spacial score (nSPS) is 13.2. The first-order chi connectivity index (χ1) is 17.6. The van der Waals surface area contributed by atoms with Crippen LogP contribution >= 0.6 is 11.6 Å². The van der Waals surface area contributed by atoms with Crippen molar-refractivity contribution >= 4 is 21.6 Å². The maximum absolute atomic E-state index is 13.5. The van der Waals surface area contributed by atoms with E-state index in [1.165, 1.54) is 5.56 Å². The van der Waals surface area contributed by atoms with Crippen LogP contribution in [0, 0.1) is 0 Å². The molecule has 4 aromatic rings. The van der Waals surface area contributed by atoms with E-state index < -0.39 is 16.1 Å². The molecule has 0 saturated heterocycles. The molecule has 186 valence electrons. The first kappa shape index (κ1) is 26.1. The topological polar surface area (TPSA) is 58.2 Å². The summed E-state index contributed by atoms with van der Waals surface area (Å²) in [4.78, 5) is 0.216. The molecule has 0 aliphatic carbocycles. The minimum atomic E-state index is -3.79. The first-order valence-corrected chi connectivity index (χ1v) is 14.1. The van der Waals surface area contributed by atoms with Crippen LogP contribution < -0.4 is 10.0 Å². The Kier molecular flexibility index (Phi) is 9.31. The predicted molar refractivity (Wildman–Crippen MR) is 147 cm³/mol. The monoisotopic (exact) mass is 518 g/mol. The lowest BCUT2D eigenvalue weighted by Gasteiger charge is -2.30. The highest BCUT2D eigenvalue weighted by Gasteiger charge is 2.29. The quantitative estimate of drug-likeness (QED) is 0.168. The Morgan fingerprint density at radius 2 is 1.17 bits per heavy atom. The zero-order valence-electron chi connectivity index (χ0n) is 20.1. The van der Waals surface area contributed by atoms with Gasteiger partial charge in [0.2, 0.25) is 10.0 Å². The lowest BCUT2D eigenvalue weighted by molar-refractivity contribution is 0.420. The van der Waals surface area contributed by atoms with Crippen LogP contribution in [0.4, 0.5) is 0 Å². The molecule has 0 spiro atoms. The predicted octanol–water partition coefficient (Wildman–Crippen LogP) is 6.41. The van der Waals surface area contributed by atoms with Crippen LogP contribution in [0.1, 0.15) is 40.8 Å². The molecule has 0 saturated carbocycles. The number of halogens is 1. The molecule has 4 aromatic carbocycles. The van der Waals surface area contributed by atoms with Gasteiger partial charge < -0.3 is 5.32 Å². The zero-order valence-corrected chi connectivity index (χ0v) is 21.6. The summed E-state index contributed by atoms with van der Waals surface area (Å²) < 4.78 is 30.0. The van der Waals surface area contributed by atoms with Gasteiger partial charge in [0.05, 0.1) is 17.0 Å². The van der Waals surface area contributed by atoms with E-state index in [9.17, 15) is 8.42 Å². The van der Waals surface area contributed by atoms with E-state index in [2.05, 4.69) is 34.3 Å². The molecule has 0 amide bonds. The molecule has 6 heteroatoms. The molecule has 4 rings (SSSR count). The van der Waals surface area contributed by atoms with Crippen molar-refractivity contribution in [3.63, 3.8) is 0 Å². The number of hydrogen-bond donors (Lipinski definition) is 2. The number of alkyl halides is 1. The Balaban J connectivity index is 1.61. The number of nitrogens with one attached hydrogen (secondary N) is 2. The number of sulfonamides is 1. The van der Waals surface area contributed by atoms with Crippen molar-refractivity contribution in [2.45, 2.75) is 35.7 Å². The largest absolute Gasteiger partial charge is 0.308 e. The second kappa shape index (κ2) is 12.8. The van der Waals surface area contributed by atoms with Crippen LogP contribution in [0.25, 0.3) is 0 Å². The molecule has 4 nitrogen and oxygen atoms in total. The zero-order chi connectivity index (χ0) is 25.2. The van der Waals surface area contributed by atoms with Crippen molar-refractivity contribution in [3.05, 3.63) is 138 Å². The molecular weight excluding hydrogens is 488 g/mol. The van der Waals surface area contributed by atoms with Crippen LogP contribution in [-0.2, 0) is 22.3 Å². The molecule has 0 aliphatic heterocycles. The standard InChI is InChI=1S/C30H31ClN2O2S/c31-23-25-18-20-28(21-19-25)36(34,35)33-30(27-16-8-3-9-17-27)29(26-14-6-2-7-15-26)32-22-10-13-24-11-4-1-5-12-24/h1-9,11-12,14-21,29-30,32-33H,10,13,22-23H2/t29-,30-/m0/s1. The second-order valence-electron chi connectivity index (χ2n) is 8.72. The lowest BCUT2D eigenvalue weighted by Crippen LogP contribution is -2.39. The van der Waals surface area contributed by atoms with Crippen molar-refractivity contribution < 1.29 is 8.42 Å². The molecule has 0 aliphatic rings. The lowest BCUT2D eigenvalue weighted by atomic mass is 9.94. The molecule has 2 N–H and O–H groups in total. The third kappa shape index (κ3) is 7.05. The molecule has 2 atom stereocenters. The molecule has 0 fully saturated rings. The molecule has 36 heavy (non-hydrogen) atoms. The number of rotatable bonds is 12. The molecule has 0 unspecified atom stereocenters. The van der Waals surface area contributed by atoms with Crippen LogP contribution in [0.2, 0.25) is 0 Å². The fourth-order valence-electron chi connectivity index (χ4n) is 4.27. The van der Waals surface area contributed by atoms with E-state index in [4.69, 9.17) is 11.6 Å². The second-order valence-corrected chi connectivity index (χ2v) is 10.7. The van der Waals surface area contributed by atoms with Gasteiger partial charge in [0.25, 0.3) is 0 Å². The summed E-state index contributed by atoms with van der Waals surface area (Å²) in [6.45, 7) is 0.740. The van der Waals surface area contributed by atoms with Crippen molar-refractivity contribution in [2.75, 3.05) is 6.54 Å². The maximum atomic E-state index is 13.5. The molecular formula is C30H31ClN2O2S. The van der Waals surface area contributed by atoms with Gasteiger partial charge in [-0.3, -0.25) is 0 Å². The minimum Gasteiger partial charge on any atom is -0.308 e. The van der Waals surface area contributed by atoms with Gasteiger partial charge in [-0.2, -0.15) is 0 Å². The van der Waals surface area contributed by atoms with Crippen molar-refractivity contribution in [2.24, 2.45) is 0 Å². The summed E-state index contributed by atoms with van der Waals surface area (Å²) in [6, 6.07) is 36.0. The summed E-state index contributed by atoms with van der Waals surface area (Å²) in [5.74, 6) is 0.337. The summed E-state index contributed by atoms with van der Waals surface area (Å²) in [5.41, 5.74) is 4.07. The van der Waals surface area contributed by atoms with E-state index in [1.54, 1.807) is 24.3 Å². The van der Waals surface area contributed by atoms with Gasteiger partial charge in [0.15, 0.2) is 0 Å². The van der Waals surface area contributed by atoms with Crippen LogP contribution in [-0.4, -0.2) is 15.0 Å². The summed E-state index contributed by atoms with van der Waals surface area (Å²) in [6.07, 6.45) is 1.88. The Bertz CT molecular complexity index is 1300. The molecule has 0 aromatic heterocycles. The maximum Gasteiger partial charge on any atom is 0.241 e. The average Bonchev–Trinajstić information content (AvgIpc) is 2.94. The smallest absolute Gasteiger partial charge is 0.241 e. The highest BCUT2D eigenvalue weighted by Crippen LogP contribution is 2.31. The first-order valence-electron chi connectivity index (χ1n) is 12.1. The SMILES string of the molecule is O=S(=O)(N[C@@H](c1ccccc1)[C@@H](NCCCc1ccccc1)c1ccccc1)c1ccc(CCl)cc1. The molecule has 0 radical (unpaired) electrons. The fraction of sp³-hybridized carbons (Fsp3) is 0.200. The van der Waals surface area contributed by atoms with Crippen molar-refractivity contribution in [1.29, 1.82) is 0 Å². The van der Waals surface area contributed by atoms with Crippen LogP contribution in [0.15, 0.2) is 120 Å². The summed E-state index contributed by atoms with van der Waals surface area (Å²) >= 11 is 5.89. The van der Waals surface area contributed by atoms with Crippen molar-refractivity contribution in [1.82, 2.24) is 10.0 Å². The number of benzene rings is 4. The van der Waals surface area contributed by atoms with Crippen molar-refractivity contribution in [3.8, 4) is 0 Å². The number of aryl methyl sites for hydroxylation is 1. The third-order valence-electron chi connectivity index (χ3n) is 6.17. The van der Waals surface area contributed by atoms with Crippen LogP contribution in [0.3, 0.4) is 0 Å². The third-order valence-corrected chi connectivity index (χ3v) is 7.94. The molecule has 0 bridgehead atoms. The Morgan fingerprint density at radius 1 is 0.639 bits per heavy atom. The van der Waals surface area contributed by atoms with Gasteiger partial charge in [-0.25, -0.2) is 13.1 Å². The Labute approximate surface area is 219 Å². The van der Waals surface area contributed by atoms with E-state index in [-0.39, 0.29) is 10.9 Å². The van der Waals surface area contributed by atoms with E-state index >= 15 is 0 Å². The fourth-order valence-corrected chi connectivity index (χ4v) is 5.68. The minimum absolute atomic E-state index is 0.216. The Morgan fingerprint density at radius 3 is 1.72 bits per heavy atom. The van der Waals surface area contributed by atoms with Gasteiger partial charge in [-0.15, -0.1) is 11.6 Å². The van der Waals surface area contributed by atoms with Crippen LogP contribution in [0.5, 0.6) is 0 Å².